The highest BCUT2D eigenvalue weighted by Crippen LogP contribution is 2.34. The van der Waals surface area contributed by atoms with Crippen LogP contribution in [0.5, 0.6) is 11.5 Å². The number of alkyl halides is 2. The van der Waals surface area contributed by atoms with Crippen molar-refractivity contribution in [1.29, 1.82) is 0 Å². The standard InChI is InChI=1S/C20H20F2N4O3/c21-20(22)4-7-26(8-5-20)18-13-3-6-23-19(27)17(13)24-16(25-18)10-12-1-2-14-15(9-12)29-11-28-14/h1-2,9H,3-8,10-11H2,(H,23,27). The van der Waals surface area contributed by atoms with E-state index in [1.165, 1.54) is 0 Å². The van der Waals surface area contributed by atoms with Gasteiger partial charge < -0.3 is 19.7 Å². The third-order valence-corrected chi connectivity index (χ3v) is 5.50. The van der Waals surface area contributed by atoms with Crippen molar-refractivity contribution in [2.45, 2.75) is 31.6 Å². The Morgan fingerprint density at radius 3 is 2.76 bits per heavy atom. The quantitative estimate of drug-likeness (QED) is 0.849. The summed E-state index contributed by atoms with van der Waals surface area (Å²) in [5.74, 6) is -0.450. The summed E-state index contributed by atoms with van der Waals surface area (Å²) in [6.45, 7) is 1.11. The van der Waals surface area contributed by atoms with E-state index in [2.05, 4.69) is 10.3 Å². The zero-order valence-corrected chi connectivity index (χ0v) is 15.7. The molecule has 1 aromatic carbocycles. The maximum Gasteiger partial charge on any atom is 0.270 e. The number of anilines is 1. The van der Waals surface area contributed by atoms with E-state index in [0.717, 1.165) is 11.1 Å². The van der Waals surface area contributed by atoms with E-state index >= 15 is 0 Å². The van der Waals surface area contributed by atoms with Crippen molar-refractivity contribution in [2.24, 2.45) is 0 Å². The second-order valence-corrected chi connectivity index (χ2v) is 7.50. The molecule has 5 rings (SSSR count). The highest BCUT2D eigenvalue weighted by Gasteiger charge is 2.36. The maximum atomic E-state index is 13.6. The van der Waals surface area contributed by atoms with Gasteiger partial charge in [-0.2, -0.15) is 0 Å². The van der Waals surface area contributed by atoms with Gasteiger partial charge in [-0.25, -0.2) is 18.7 Å². The molecule has 2 aromatic rings. The van der Waals surface area contributed by atoms with Crippen molar-refractivity contribution < 1.29 is 23.0 Å². The molecule has 0 bridgehead atoms. The van der Waals surface area contributed by atoms with Crippen molar-refractivity contribution in [3.05, 3.63) is 40.8 Å². The number of halogens is 2. The number of rotatable bonds is 3. The number of aromatic nitrogens is 2. The van der Waals surface area contributed by atoms with E-state index < -0.39 is 5.92 Å². The van der Waals surface area contributed by atoms with Gasteiger partial charge in [-0.1, -0.05) is 6.07 Å². The number of piperidine rings is 1. The lowest BCUT2D eigenvalue weighted by molar-refractivity contribution is -0.0222. The summed E-state index contributed by atoms with van der Waals surface area (Å²) in [6, 6.07) is 5.60. The summed E-state index contributed by atoms with van der Waals surface area (Å²) in [5, 5.41) is 2.80. The van der Waals surface area contributed by atoms with Crippen LogP contribution in [0.2, 0.25) is 0 Å². The molecule has 0 aliphatic carbocycles. The van der Waals surface area contributed by atoms with Crippen LogP contribution >= 0.6 is 0 Å². The number of benzene rings is 1. The fourth-order valence-electron chi connectivity index (χ4n) is 3.94. The zero-order valence-electron chi connectivity index (χ0n) is 15.7. The Morgan fingerprint density at radius 2 is 1.93 bits per heavy atom. The van der Waals surface area contributed by atoms with Crippen LogP contribution < -0.4 is 19.7 Å². The number of carbonyl (C=O) groups is 1. The molecule has 1 fully saturated rings. The largest absolute Gasteiger partial charge is 0.454 e. The maximum absolute atomic E-state index is 13.6. The Morgan fingerprint density at radius 1 is 1.14 bits per heavy atom. The smallest absolute Gasteiger partial charge is 0.270 e. The molecule has 3 aliphatic rings. The van der Waals surface area contributed by atoms with Crippen LogP contribution in [0, 0.1) is 0 Å². The number of carbonyl (C=O) groups excluding carboxylic acids is 1. The number of nitrogens with zero attached hydrogens (tertiary/aromatic N) is 3. The van der Waals surface area contributed by atoms with Gasteiger partial charge in [-0.3, -0.25) is 4.79 Å². The van der Waals surface area contributed by atoms with Gasteiger partial charge in [0.05, 0.1) is 0 Å². The molecular formula is C20H20F2N4O3. The van der Waals surface area contributed by atoms with Crippen LogP contribution in [0.4, 0.5) is 14.6 Å². The minimum atomic E-state index is -2.64. The molecule has 1 N–H and O–H groups in total. The molecule has 4 heterocycles. The van der Waals surface area contributed by atoms with Crippen LogP contribution in [0.3, 0.4) is 0 Å². The van der Waals surface area contributed by atoms with Crippen molar-refractivity contribution >= 4 is 11.7 Å². The lowest BCUT2D eigenvalue weighted by atomic mass is 10.0. The van der Waals surface area contributed by atoms with E-state index in [0.29, 0.717) is 48.2 Å². The number of ether oxygens (including phenoxy) is 2. The molecular weight excluding hydrogens is 382 g/mol. The monoisotopic (exact) mass is 402 g/mol. The summed E-state index contributed by atoms with van der Waals surface area (Å²) in [5.41, 5.74) is 2.00. The lowest BCUT2D eigenvalue weighted by Gasteiger charge is -2.34. The normalized spacial score (nSPS) is 19.7. The highest BCUT2D eigenvalue weighted by molar-refractivity contribution is 5.96. The van der Waals surface area contributed by atoms with E-state index in [9.17, 15) is 13.6 Å². The van der Waals surface area contributed by atoms with Crippen LogP contribution in [0.1, 0.15) is 40.3 Å². The van der Waals surface area contributed by atoms with Crippen molar-refractivity contribution in [1.82, 2.24) is 15.3 Å². The van der Waals surface area contributed by atoms with Crippen molar-refractivity contribution in [3.63, 3.8) is 0 Å². The minimum Gasteiger partial charge on any atom is -0.454 e. The zero-order chi connectivity index (χ0) is 20.0. The molecule has 1 saturated heterocycles. The van der Waals surface area contributed by atoms with Crippen LogP contribution in [-0.2, 0) is 12.8 Å². The first-order chi connectivity index (χ1) is 14.0. The third-order valence-electron chi connectivity index (χ3n) is 5.50. The number of nitrogens with one attached hydrogen (secondary N) is 1. The van der Waals surface area contributed by atoms with Crippen LogP contribution in [0.25, 0.3) is 0 Å². The predicted molar refractivity (Wildman–Crippen MR) is 99.8 cm³/mol. The molecule has 0 atom stereocenters. The number of hydrogen-bond acceptors (Lipinski definition) is 6. The Labute approximate surface area is 166 Å². The minimum absolute atomic E-state index is 0.193. The first-order valence-corrected chi connectivity index (χ1v) is 9.68. The van der Waals surface area contributed by atoms with Crippen LogP contribution in [-0.4, -0.2) is 48.2 Å². The molecule has 0 radical (unpaired) electrons. The second-order valence-electron chi connectivity index (χ2n) is 7.50. The van der Waals surface area contributed by atoms with Gasteiger partial charge in [0.25, 0.3) is 11.8 Å². The van der Waals surface area contributed by atoms with Gasteiger partial charge in [-0.05, 0) is 24.1 Å². The average Bonchev–Trinajstić information content (AvgIpc) is 3.16. The summed E-state index contributed by atoms with van der Waals surface area (Å²) in [7, 11) is 0. The number of amides is 1. The number of fused-ring (bicyclic) bond motifs is 2. The van der Waals surface area contributed by atoms with Gasteiger partial charge in [0, 0.05) is 44.5 Å². The molecule has 152 valence electrons. The van der Waals surface area contributed by atoms with Crippen molar-refractivity contribution in [3.8, 4) is 11.5 Å². The summed E-state index contributed by atoms with van der Waals surface area (Å²) in [4.78, 5) is 23.5. The molecule has 29 heavy (non-hydrogen) atoms. The molecule has 7 nitrogen and oxygen atoms in total. The molecule has 0 saturated carbocycles. The topological polar surface area (TPSA) is 76.6 Å². The fraction of sp³-hybridized carbons (Fsp3) is 0.450. The summed E-state index contributed by atoms with van der Waals surface area (Å²) >= 11 is 0. The van der Waals surface area contributed by atoms with Crippen molar-refractivity contribution in [2.75, 3.05) is 31.3 Å². The lowest BCUT2D eigenvalue weighted by Crippen LogP contribution is -2.42. The Bertz CT molecular complexity index is 972. The third kappa shape index (κ3) is 3.45. The number of hydrogen-bond donors (Lipinski definition) is 1. The Kier molecular flexibility index (Phi) is 4.25. The fourth-order valence-corrected chi connectivity index (χ4v) is 3.94. The molecule has 0 spiro atoms. The molecule has 0 unspecified atom stereocenters. The van der Waals surface area contributed by atoms with Crippen LogP contribution in [0.15, 0.2) is 18.2 Å². The van der Waals surface area contributed by atoms with E-state index in [-0.39, 0.29) is 38.6 Å². The van der Waals surface area contributed by atoms with Gasteiger partial charge in [-0.15, -0.1) is 0 Å². The predicted octanol–water partition coefficient (Wildman–Crippen LogP) is 2.32. The van der Waals surface area contributed by atoms with Gasteiger partial charge >= 0.3 is 0 Å². The molecule has 1 aromatic heterocycles. The second kappa shape index (κ2) is 6.82. The Hall–Kier alpha value is -2.97. The highest BCUT2D eigenvalue weighted by atomic mass is 19.3. The van der Waals surface area contributed by atoms with Gasteiger partial charge in [0.1, 0.15) is 17.3 Å². The van der Waals surface area contributed by atoms with E-state index in [4.69, 9.17) is 14.5 Å². The molecule has 1 amide bonds. The first-order valence-electron chi connectivity index (χ1n) is 9.68. The summed E-state index contributed by atoms with van der Waals surface area (Å²) in [6.07, 6.45) is 0.562. The molecule has 3 aliphatic heterocycles. The SMILES string of the molecule is O=C1NCCc2c1nc(Cc1ccc3c(c1)OCO3)nc2N1CCC(F)(F)CC1. The Balaban J connectivity index is 1.49. The summed E-state index contributed by atoms with van der Waals surface area (Å²) < 4.78 is 38.0. The van der Waals surface area contributed by atoms with Gasteiger partial charge in [0.2, 0.25) is 6.79 Å². The average molecular weight is 402 g/mol. The molecule has 9 heteroatoms. The van der Waals surface area contributed by atoms with E-state index in [1.807, 2.05) is 23.1 Å². The van der Waals surface area contributed by atoms with Gasteiger partial charge in [0.15, 0.2) is 11.5 Å². The van der Waals surface area contributed by atoms with E-state index in [1.54, 1.807) is 0 Å². The first kappa shape index (κ1) is 18.1.